The Bertz CT molecular complexity index is 2370. The molecule has 2 amide bonds. The molecule has 14 nitrogen and oxygen atoms in total. The van der Waals surface area contributed by atoms with E-state index in [-0.39, 0.29) is 36.2 Å². The number of aromatic amines is 2. The zero-order valence-corrected chi connectivity index (χ0v) is 33.4. The number of benzene rings is 2. The van der Waals surface area contributed by atoms with Crippen molar-refractivity contribution in [2.24, 2.45) is 22.4 Å². The van der Waals surface area contributed by atoms with E-state index in [1.165, 1.54) is 25.0 Å². The van der Waals surface area contributed by atoms with Crippen molar-refractivity contribution < 1.29 is 9.59 Å². The molecule has 3 aliphatic rings. The number of aliphatic imine (C=N–C) groups is 1. The summed E-state index contributed by atoms with van der Waals surface area (Å²) in [4.78, 5) is 40.8. The number of hydrogen-bond donors (Lipinski definition) is 6. The van der Waals surface area contributed by atoms with E-state index in [0.29, 0.717) is 19.0 Å². The van der Waals surface area contributed by atoms with Crippen molar-refractivity contribution in [3.8, 4) is 22.5 Å². The Labute approximate surface area is 344 Å². The summed E-state index contributed by atoms with van der Waals surface area (Å²) in [7, 11) is 0. The van der Waals surface area contributed by atoms with Crippen molar-refractivity contribution in [2.75, 3.05) is 32.7 Å². The van der Waals surface area contributed by atoms with Gasteiger partial charge in [-0.15, -0.1) is 0 Å². The van der Waals surface area contributed by atoms with Crippen molar-refractivity contribution in [1.82, 2.24) is 45.9 Å². The van der Waals surface area contributed by atoms with Gasteiger partial charge in [-0.25, -0.2) is 4.99 Å². The average molecular weight is 795 g/mol. The van der Waals surface area contributed by atoms with Gasteiger partial charge >= 0.3 is 0 Å². The van der Waals surface area contributed by atoms with Crippen LogP contribution in [0.2, 0.25) is 0 Å². The zero-order valence-electron chi connectivity index (χ0n) is 33.4. The molecule has 0 unspecified atom stereocenters. The van der Waals surface area contributed by atoms with Gasteiger partial charge in [-0.2, -0.15) is 10.2 Å². The minimum absolute atomic E-state index is 0.0466. The maximum Gasteiger partial charge on any atom is 0.245 e. The van der Waals surface area contributed by atoms with Crippen LogP contribution in [0.5, 0.6) is 0 Å². The van der Waals surface area contributed by atoms with Crippen molar-refractivity contribution >= 4 is 39.6 Å². The topological polar surface area (TPSA) is 209 Å². The van der Waals surface area contributed by atoms with Gasteiger partial charge in [-0.3, -0.25) is 29.8 Å². The number of H-pyrrole nitrogens is 2. The quantitative estimate of drug-likeness (QED) is 0.0776. The second-order valence-corrected chi connectivity index (χ2v) is 16.0. The van der Waals surface area contributed by atoms with Gasteiger partial charge in [-0.05, 0) is 81.8 Å². The van der Waals surface area contributed by atoms with Crippen molar-refractivity contribution in [2.45, 2.75) is 75.7 Å². The van der Waals surface area contributed by atoms with Gasteiger partial charge in [0, 0.05) is 70.6 Å². The number of amides is 2. The number of nitrogens with zero attached hydrogens (tertiary/aromatic N) is 6. The molecule has 6 aromatic rings. The van der Waals surface area contributed by atoms with Crippen LogP contribution in [0.3, 0.4) is 0 Å². The van der Waals surface area contributed by atoms with Crippen molar-refractivity contribution in [3.63, 3.8) is 0 Å². The molecule has 0 radical (unpaired) electrons. The van der Waals surface area contributed by atoms with Gasteiger partial charge in [0.15, 0.2) is 5.96 Å². The number of nitrogens with two attached hydrogens (primary N) is 2. The number of nitrogens with one attached hydrogen (secondary N) is 4. The second-order valence-electron chi connectivity index (χ2n) is 16.0. The number of piperidine rings is 2. The third-order valence-corrected chi connectivity index (χ3v) is 12.1. The summed E-state index contributed by atoms with van der Waals surface area (Å²) in [6.07, 6.45) is 12.8. The van der Waals surface area contributed by atoms with Crippen LogP contribution in [-0.4, -0.2) is 91.8 Å². The van der Waals surface area contributed by atoms with Crippen LogP contribution >= 0.6 is 0 Å². The SMILES string of the molecule is NC(N)=N[C@@H](C(=O)NCC(=O)N1CCC(c2cc(-c3cccc4cccnc34)n[nH]2)CC1)C1CCCCC1.c1cnc2c(-c3cc(C4CCNCC4)[nH]n3)cccc2c1. The Balaban J connectivity index is 0.000000193. The number of likely N-dealkylation sites (tertiary alicyclic amines) is 1. The molecule has 8 N–H and O–H groups in total. The highest BCUT2D eigenvalue weighted by atomic mass is 16.2. The van der Waals surface area contributed by atoms with Gasteiger partial charge in [0.1, 0.15) is 6.04 Å². The van der Waals surface area contributed by atoms with E-state index in [4.69, 9.17) is 11.5 Å². The molecule has 4 aromatic heterocycles. The van der Waals surface area contributed by atoms with E-state index in [9.17, 15) is 9.59 Å². The van der Waals surface area contributed by atoms with Gasteiger partial charge in [0.2, 0.25) is 11.8 Å². The van der Waals surface area contributed by atoms with Crippen molar-refractivity contribution in [1.29, 1.82) is 0 Å². The van der Waals surface area contributed by atoms with Crippen LogP contribution in [-0.2, 0) is 9.59 Å². The number of fused-ring (bicyclic) bond motifs is 2. The summed E-state index contributed by atoms with van der Waals surface area (Å²) in [5.41, 5.74) is 19.4. The standard InChI is InChI=1S/C28H36N8O2.C17H18N4/c29-28(30)33-26(20-6-2-1-3-7-20)27(38)32-17-24(37)36-14-11-18(12-15-36)22-16-23(35-34-22)21-10-4-8-19-9-5-13-31-25(19)21;1-3-13-4-2-8-19-17(13)14(5-1)16-11-15(20-21-16)12-6-9-18-10-7-12/h4-5,8-10,13,16,18,20,26H,1-3,6-7,11-12,14-15,17H2,(H,32,38)(H,34,35)(H4,29,30,33);1-5,8,11-12,18H,6-7,9-10H2,(H,20,21)/t26-;/m1./s1. The van der Waals surface area contributed by atoms with E-state index in [1.807, 2.05) is 47.5 Å². The Kier molecular flexibility index (Phi) is 12.5. The van der Waals surface area contributed by atoms with Crippen molar-refractivity contribution in [3.05, 3.63) is 96.6 Å². The van der Waals surface area contributed by atoms with Crippen LogP contribution in [0.15, 0.2) is 90.2 Å². The lowest BCUT2D eigenvalue weighted by Gasteiger charge is -2.32. The molecule has 0 spiro atoms. The second kappa shape index (κ2) is 18.6. The predicted molar refractivity (Wildman–Crippen MR) is 231 cm³/mol. The van der Waals surface area contributed by atoms with E-state index >= 15 is 0 Å². The third-order valence-electron chi connectivity index (χ3n) is 12.1. The minimum Gasteiger partial charge on any atom is -0.370 e. The van der Waals surface area contributed by atoms with E-state index in [0.717, 1.165) is 102 Å². The molecular weight excluding hydrogens is 741 g/mol. The Hall–Kier alpha value is -6.15. The highest BCUT2D eigenvalue weighted by Gasteiger charge is 2.31. The van der Waals surface area contributed by atoms with Gasteiger partial charge in [0.05, 0.1) is 29.0 Å². The highest BCUT2D eigenvalue weighted by molar-refractivity contribution is 5.93. The van der Waals surface area contributed by atoms with Crippen LogP contribution in [0, 0.1) is 5.92 Å². The molecule has 0 bridgehead atoms. The monoisotopic (exact) mass is 794 g/mol. The van der Waals surface area contributed by atoms with Gasteiger partial charge < -0.3 is 27.0 Å². The minimum atomic E-state index is -0.634. The Morgan fingerprint density at radius 2 is 1.27 bits per heavy atom. The average Bonchev–Trinajstić information content (AvgIpc) is 3.99. The first-order chi connectivity index (χ1) is 28.9. The summed E-state index contributed by atoms with van der Waals surface area (Å²) in [6.45, 7) is 3.39. The fourth-order valence-electron chi connectivity index (χ4n) is 8.93. The number of hydrogen-bond acceptors (Lipinski definition) is 8. The highest BCUT2D eigenvalue weighted by Crippen LogP contribution is 2.33. The van der Waals surface area contributed by atoms with E-state index in [2.05, 4.69) is 82.4 Å². The number of rotatable bonds is 9. The van der Waals surface area contributed by atoms with Gasteiger partial charge in [0.25, 0.3) is 0 Å². The van der Waals surface area contributed by atoms with Crippen LogP contribution in [0.4, 0.5) is 0 Å². The summed E-state index contributed by atoms with van der Waals surface area (Å²) < 4.78 is 0. The largest absolute Gasteiger partial charge is 0.370 e. The third kappa shape index (κ3) is 9.44. The molecule has 6 heterocycles. The normalized spacial score (nSPS) is 17.3. The Morgan fingerprint density at radius 1 is 0.729 bits per heavy atom. The molecule has 59 heavy (non-hydrogen) atoms. The van der Waals surface area contributed by atoms with Crippen LogP contribution in [0.25, 0.3) is 44.3 Å². The summed E-state index contributed by atoms with van der Waals surface area (Å²) >= 11 is 0. The first kappa shape index (κ1) is 39.7. The number of guanidine groups is 1. The zero-order chi connectivity index (χ0) is 40.6. The fraction of sp³-hybridized carbons (Fsp3) is 0.400. The number of para-hydroxylation sites is 2. The molecule has 2 aromatic carbocycles. The summed E-state index contributed by atoms with van der Waals surface area (Å²) in [5, 5.41) is 24.0. The number of carbonyl (C=O) groups excluding carboxylic acids is 2. The van der Waals surface area contributed by atoms with Crippen LogP contribution in [0.1, 0.15) is 81.0 Å². The lowest BCUT2D eigenvalue weighted by Crippen LogP contribution is -2.47. The molecule has 2 saturated heterocycles. The lowest BCUT2D eigenvalue weighted by molar-refractivity contribution is -0.134. The van der Waals surface area contributed by atoms with E-state index in [1.54, 1.807) is 6.20 Å². The molecule has 1 atom stereocenters. The predicted octanol–water partition coefficient (Wildman–Crippen LogP) is 5.76. The molecule has 1 aliphatic carbocycles. The molecule has 2 aliphatic heterocycles. The first-order valence-electron chi connectivity index (χ1n) is 21.0. The fourth-order valence-corrected chi connectivity index (χ4v) is 8.93. The maximum atomic E-state index is 12.9. The number of pyridine rings is 2. The molecule has 306 valence electrons. The lowest BCUT2D eigenvalue weighted by atomic mass is 9.83. The molecular formula is C45H54N12O2. The summed E-state index contributed by atoms with van der Waals surface area (Å²) in [5.74, 6) is 0.534. The van der Waals surface area contributed by atoms with Crippen LogP contribution < -0.4 is 22.1 Å². The molecule has 9 rings (SSSR count). The molecule has 3 fully saturated rings. The smallest absolute Gasteiger partial charge is 0.245 e. The Morgan fingerprint density at radius 3 is 1.83 bits per heavy atom. The maximum absolute atomic E-state index is 12.9. The first-order valence-corrected chi connectivity index (χ1v) is 21.0. The molecule has 1 saturated carbocycles. The van der Waals surface area contributed by atoms with E-state index < -0.39 is 6.04 Å². The number of aromatic nitrogens is 6. The molecule has 14 heteroatoms. The summed E-state index contributed by atoms with van der Waals surface area (Å²) in [6, 6.07) is 24.1. The number of carbonyl (C=O) groups is 2. The van der Waals surface area contributed by atoms with Gasteiger partial charge in [-0.1, -0.05) is 67.8 Å².